The van der Waals surface area contributed by atoms with E-state index in [0.29, 0.717) is 48.7 Å². The number of piperazine rings is 1. The maximum absolute atomic E-state index is 13.6. The zero-order valence-corrected chi connectivity index (χ0v) is 21.6. The highest BCUT2D eigenvalue weighted by Gasteiger charge is 2.49. The van der Waals surface area contributed by atoms with Gasteiger partial charge in [0.2, 0.25) is 5.91 Å². The summed E-state index contributed by atoms with van der Waals surface area (Å²) in [6, 6.07) is 15.0. The minimum absolute atomic E-state index is 0.145. The predicted octanol–water partition coefficient (Wildman–Crippen LogP) is 4.26. The molecular formula is C29H30F2N4O5. The number of phenolic OH excluding ortho intramolecular Hbond substituents is 1. The minimum atomic E-state index is -0.907. The van der Waals surface area contributed by atoms with Gasteiger partial charge in [0.1, 0.15) is 17.4 Å². The molecule has 0 bridgehead atoms. The fourth-order valence-electron chi connectivity index (χ4n) is 5.13. The summed E-state index contributed by atoms with van der Waals surface area (Å²) in [5.41, 5.74) is 1.74. The predicted molar refractivity (Wildman–Crippen MR) is 143 cm³/mol. The van der Waals surface area contributed by atoms with Gasteiger partial charge in [-0.3, -0.25) is 10.1 Å². The molecule has 0 aliphatic carbocycles. The number of aliphatic hydroxyl groups excluding tert-OH is 1. The second-order valence-electron chi connectivity index (χ2n) is 9.84. The summed E-state index contributed by atoms with van der Waals surface area (Å²) in [5.74, 6) is -1.82. The van der Waals surface area contributed by atoms with Crippen LogP contribution in [0.1, 0.15) is 36.1 Å². The van der Waals surface area contributed by atoms with Gasteiger partial charge in [-0.05, 0) is 60.9 Å². The number of hydroxylamine groups is 2. The molecule has 2 aliphatic rings. The summed E-state index contributed by atoms with van der Waals surface area (Å²) >= 11 is 0. The molecule has 3 atom stereocenters. The number of benzene rings is 3. The van der Waals surface area contributed by atoms with Crippen LogP contribution in [0, 0.1) is 17.6 Å². The van der Waals surface area contributed by atoms with E-state index in [9.17, 15) is 28.6 Å². The summed E-state index contributed by atoms with van der Waals surface area (Å²) in [4.78, 5) is 32.4. The average molecular weight is 553 g/mol. The van der Waals surface area contributed by atoms with Gasteiger partial charge in [-0.2, -0.15) is 0 Å². The number of anilines is 2. The molecule has 40 heavy (non-hydrogen) atoms. The van der Waals surface area contributed by atoms with Crippen LogP contribution in [0.15, 0.2) is 66.7 Å². The first-order chi connectivity index (χ1) is 19.3. The molecule has 3 aromatic carbocycles. The zero-order valence-electron chi connectivity index (χ0n) is 21.6. The summed E-state index contributed by atoms with van der Waals surface area (Å²) in [5, 5.41) is 28.9. The van der Waals surface area contributed by atoms with Crippen LogP contribution in [-0.4, -0.2) is 53.5 Å². The van der Waals surface area contributed by atoms with Crippen LogP contribution >= 0.6 is 0 Å². The smallest absolute Gasteiger partial charge is 0.430 e. The third kappa shape index (κ3) is 6.06. The Bertz CT molecular complexity index is 1350. The Morgan fingerprint density at radius 2 is 1.68 bits per heavy atom. The first kappa shape index (κ1) is 27.5. The van der Waals surface area contributed by atoms with Crippen LogP contribution in [0.4, 0.5) is 25.0 Å². The van der Waals surface area contributed by atoms with Crippen LogP contribution < -0.4 is 15.5 Å². The van der Waals surface area contributed by atoms with Crippen LogP contribution in [0.25, 0.3) is 0 Å². The lowest BCUT2D eigenvalue weighted by atomic mass is 9.78. The molecule has 0 radical (unpaired) electrons. The van der Waals surface area contributed by atoms with Crippen molar-refractivity contribution in [2.75, 3.05) is 36.4 Å². The Balaban J connectivity index is 1.33. The van der Waals surface area contributed by atoms with Gasteiger partial charge in [-0.15, -0.1) is 5.06 Å². The number of aromatic hydroxyl groups is 1. The molecule has 2 heterocycles. The van der Waals surface area contributed by atoms with Crippen molar-refractivity contribution >= 4 is 23.4 Å². The molecule has 0 saturated carbocycles. The molecule has 0 aromatic heterocycles. The van der Waals surface area contributed by atoms with E-state index in [0.717, 1.165) is 0 Å². The number of hydrogen-bond donors (Lipinski definition) is 4. The van der Waals surface area contributed by atoms with Gasteiger partial charge in [0.25, 0.3) is 0 Å². The Labute approximate surface area is 229 Å². The van der Waals surface area contributed by atoms with Crippen LogP contribution in [-0.2, 0) is 9.63 Å². The number of phenols is 1. The van der Waals surface area contributed by atoms with Gasteiger partial charge >= 0.3 is 6.09 Å². The number of nitrogens with zero attached hydrogens (tertiary/aromatic N) is 2. The van der Waals surface area contributed by atoms with Crippen molar-refractivity contribution in [2.45, 2.75) is 25.0 Å². The highest BCUT2D eigenvalue weighted by molar-refractivity contribution is 6.03. The molecule has 2 saturated heterocycles. The highest BCUT2D eigenvalue weighted by atomic mass is 19.1. The van der Waals surface area contributed by atoms with Crippen molar-refractivity contribution in [3.8, 4) is 5.75 Å². The molecular weight excluding hydrogens is 522 g/mol. The second-order valence-corrected chi connectivity index (χ2v) is 9.84. The molecule has 3 unspecified atom stereocenters. The molecule has 11 heteroatoms. The Hall–Kier alpha value is -4.06. The zero-order chi connectivity index (χ0) is 28.2. The number of amides is 2. The lowest BCUT2D eigenvalue weighted by molar-refractivity contribution is -0.131. The number of hydrogen-bond acceptors (Lipinski definition) is 7. The number of halogens is 2. The van der Waals surface area contributed by atoms with Gasteiger partial charge in [-0.25, -0.2) is 13.6 Å². The topological polar surface area (TPSA) is 114 Å². The van der Waals surface area contributed by atoms with Crippen LogP contribution in [0.2, 0.25) is 0 Å². The molecule has 2 aliphatic heterocycles. The third-order valence-electron chi connectivity index (χ3n) is 7.21. The first-order valence-corrected chi connectivity index (χ1v) is 13.1. The van der Waals surface area contributed by atoms with Crippen LogP contribution in [0.3, 0.4) is 0 Å². The van der Waals surface area contributed by atoms with E-state index in [1.807, 2.05) is 0 Å². The molecule has 9 nitrogen and oxygen atoms in total. The fourth-order valence-corrected chi connectivity index (χ4v) is 5.13. The monoisotopic (exact) mass is 552 g/mol. The summed E-state index contributed by atoms with van der Waals surface area (Å²) < 4.78 is 26.9. The first-order valence-electron chi connectivity index (χ1n) is 13.1. The van der Waals surface area contributed by atoms with Gasteiger partial charge in [-0.1, -0.05) is 18.2 Å². The molecule has 4 N–H and O–H groups in total. The van der Waals surface area contributed by atoms with E-state index < -0.39 is 35.8 Å². The maximum Gasteiger partial charge on any atom is 0.430 e. The lowest BCUT2D eigenvalue weighted by Crippen LogP contribution is -2.55. The highest BCUT2D eigenvalue weighted by Crippen LogP contribution is 2.49. The van der Waals surface area contributed by atoms with E-state index in [1.54, 1.807) is 17.2 Å². The van der Waals surface area contributed by atoms with Crippen molar-refractivity contribution in [3.63, 3.8) is 0 Å². The number of β-lactam (4-membered cyclic amide) rings is 1. The Kier molecular flexibility index (Phi) is 8.24. The second kappa shape index (κ2) is 12.0. The van der Waals surface area contributed by atoms with E-state index in [1.165, 1.54) is 59.5 Å². The average Bonchev–Trinajstić information content (AvgIpc) is 2.94. The molecule has 0 spiro atoms. The number of nitrogens with one attached hydrogen (secondary N) is 2. The SMILES string of the molecule is O=C(Nc1ccc(C2C(CCC(O)c3ccc(F)cc3)C(=O)N2c2ccc(F)cc2)c(O)c1)ON1CCNCC1. The number of aliphatic hydroxyl groups is 1. The van der Waals surface area contributed by atoms with Gasteiger partial charge in [0.05, 0.1) is 18.1 Å². The molecule has 5 rings (SSSR count). The number of carbonyl (C=O) groups is 2. The normalized spacial score (nSPS) is 20.1. The fraction of sp³-hybridized carbons (Fsp3) is 0.310. The molecule has 2 amide bonds. The molecule has 2 fully saturated rings. The summed E-state index contributed by atoms with van der Waals surface area (Å²) in [6.45, 7) is 2.53. The van der Waals surface area contributed by atoms with Gasteiger partial charge in [0.15, 0.2) is 0 Å². The van der Waals surface area contributed by atoms with E-state index in [4.69, 9.17) is 4.84 Å². The van der Waals surface area contributed by atoms with Crippen molar-refractivity contribution in [1.82, 2.24) is 10.4 Å². The van der Waals surface area contributed by atoms with Crippen molar-refractivity contribution in [1.29, 1.82) is 0 Å². The third-order valence-corrected chi connectivity index (χ3v) is 7.21. The summed E-state index contributed by atoms with van der Waals surface area (Å²) in [6.07, 6.45) is -1.08. The summed E-state index contributed by atoms with van der Waals surface area (Å²) in [7, 11) is 0. The van der Waals surface area contributed by atoms with E-state index in [2.05, 4.69) is 10.6 Å². The molecule has 210 valence electrons. The van der Waals surface area contributed by atoms with Crippen molar-refractivity contribution < 1.29 is 33.4 Å². The lowest BCUT2D eigenvalue weighted by Gasteiger charge is -2.48. The standard InChI is InChI=1S/C29H30F2N4O5/c30-19-3-1-18(2-4-19)25(36)12-11-24-27(35(28(24)38)22-8-5-20(31)6-9-22)23-10-7-21(17-26(23)37)33-29(39)40-34-15-13-32-14-16-34/h1-10,17,24-25,27,32,36-37H,11-16H2,(H,33,39). The Morgan fingerprint density at radius 1 is 1.02 bits per heavy atom. The van der Waals surface area contributed by atoms with E-state index >= 15 is 0 Å². The van der Waals surface area contributed by atoms with Crippen molar-refractivity contribution in [2.24, 2.45) is 5.92 Å². The molecule has 3 aromatic rings. The minimum Gasteiger partial charge on any atom is -0.508 e. The van der Waals surface area contributed by atoms with Gasteiger partial charge < -0.3 is 25.3 Å². The van der Waals surface area contributed by atoms with E-state index in [-0.39, 0.29) is 24.5 Å². The number of rotatable bonds is 8. The van der Waals surface area contributed by atoms with Crippen LogP contribution in [0.5, 0.6) is 5.75 Å². The maximum atomic E-state index is 13.6. The largest absolute Gasteiger partial charge is 0.508 e. The quantitative estimate of drug-likeness (QED) is 0.309. The van der Waals surface area contributed by atoms with Gasteiger partial charge in [0, 0.05) is 49.2 Å². The number of carbonyl (C=O) groups excluding carboxylic acids is 2. The Morgan fingerprint density at radius 3 is 2.33 bits per heavy atom. The van der Waals surface area contributed by atoms with Crippen molar-refractivity contribution in [3.05, 3.63) is 89.5 Å².